The molecule has 2 aromatic rings. The molecule has 170 valence electrons. The molecule has 6 heteroatoms. The van der Waals surface area contributed by atoms with Crippen LogP contribution < -0.4 is 0 Å². The highest BCUT2D eigenvalue weighted by Crippen LogP contribution is 2.24. The smallest absolute Gasteiger partial charge is 0.313 e. The number of hydrogen-bond acceptors (Lipinski definition) is 4. The van der Waals surface area contributed by atoms with Crippen molar-refractivity contribution in [3.63, 3.8) is 0 Å². The minimum absolute atomic E-state index is 0. The van der Waals surface area contributed by atoms with Gasteiger partial charge in [0.2, 0.25) is 0 Å². The number of carbonyl (C=O) groups excluding carboxylic acids is 1. The van der Waals surface area contributed by atoms with Crippen molar-refractivity contribution in [2.75, 3.05) is 32.8 Å². The lowest BCUT2D eigenvalue weighted by molar-refractivity contribution is -0.146. The van der Waals surface area contributed by atoms with Gasteiger partial charge in [0.25, 0.3) is 0 Å². The van der Waals surface area contributed by atoms with Crippen LogP contribution in [-0.2, 0) is 20.7 Å². The van der Waals surface area contributed by atoms with E-state index in [1.165, 1.54) is 5.56 Å². The van der Waals surface area contributed by atoms with Crippen LogP contribution in [0.1, 0.15) is 49.5 Å². The highest BCUT2D eigenvalue weighted by atomic mass is 35.5. The van der Waals surface area contributed by atoms with Crippen LogP contribution >= 0.6 is 24.0 Å². The molecule has 4 nitrogen and oxygen atoms in total. The quantitative estimate of drug-likeness (QED) is 0.470. The first kappa shape index (κ1) is 25.7. The van der Waals surface area contributed by atoms with E-state index >= 15 is 0 Å². The lowest BCUT2D eigenvalue weighted by atomic mass is 9.97. The second-order valence-corrected chi connectivity index (χ2v) is 8.88. The van der Waals surface area contributed by atoms with Crippen LogP contribution in [0.15, 0.2) is 48.5 Å². The lowest BCUT2D eigenvalue weighted by Gasteiger charge is -2.33. The fourth-order valence-corrected chi connectivity index (χ4v) is 3.96. The Morgan fingerprint density at radius 3 is 2.61 bits per heavy atom. The molecule has 0 saturated carbocycles. The third kappa shape index (κ3) is 7.80. The van der Waals surface area contributed by atoms with E-state index < -0.39 is 0 Å². The molecule has 0 N–H and O–H groups in total. The van der Waals surface area contributed by atoms with Crippen molar-refractivity contribution in [3.05, 3.63) is 70.2 Å². The van der Waals surface area contributed by atoms with Crippen molar-refractivity contribution in [2.24, 2.45) is 5.92 Å². The van der Waals surface area contributed by atoms with E-state index in [1.807, 2.05) is 43.3 Å². The molecule has 0 amide bonds. The molecule has 3 rings (SSSR count). The van der Waals surface area contributed by atoms with Gasteiger partial charge >= 0.3 is 5.97 Å². The van der Waals surface area contributed by atoms with Crippen LogP contribution in [0, 0.1) is 5.92 Å². The molecule has 0 spiro atoms. The molecular formula is C25H33Cl2NO3. The number of ether oxygens (including phenoxy) is 2. The molecule has 2 atom stereocenters. The number of benzene rings is 2. The van der Waals surface area contributed by atoms with E-state index in [-0.39, 0.29) is 30.4 Å². The van der Waals surface area contributed by atoms with Gasteiger partial charge < -0.3 is 9.47 Å². The van der Waals surface area contributed by atoms with E-state index in [4.69, 9.17) is 21.1 Å². The number of carbonyl (C=O) groups is 1. The van der Waals surface area contributed by atoms with E-state index in [9.17, 15) is 4.79 Å². The van der Waals surface area contributed by atoms with Crippen molar-refractivity contribution >= 4 is 30.0 Å². The van der Waals surface area contributed by atoms with Gasteiger partial charge in [-0.1, -0.05) is 61.8 Å². The minimum atomic E-state index is -0.262. The zero-order chi connectivity index (χ0) is 21.5. The molecule has 1 aliphatic heterocycles. The number of rotatable bonds is 8. The van der Waals surface area contributed by atoms with Gasteiger partial charge in [0.1, 0.15) is 6.61 Å². The summed E-state index contributed by atoms with van der Waals surface area (Å²) in [4.78, 5) is 14.8. The lowest BCUT2D eigenvalue weighted by Crippen LogP contribution is -2.40. The Morgan fingerprint density at radius 1 is 1.19 bits per heavy atom. The van der Waals surface area contributed by atoms with Crippen molar-refractivity contribution in [3.8, 4) is 0 Å². The first-order valence-corrected chi connectivity index (χ1v) is 11.1. The van der Waals surface area contributed by atoms with Crippen molar-refractivity contribution in [2.45, 2.75) is 39.2 Å². The summed E-state index contributed by atoms with van der Waals surface area (Å²) in [5.74, 6) is 0.185. The molecule has 1 heterocycles. The largest absolute Gasteiger partial charge is 0.464 e. The summed E-state index contributed by atoms with van der Waals surface area (Å²) in [5, 5.41) is 0.716. The van der Waals surface area contributed by atoms with Crippen molar-refractivity contribution < 1.29 is 14.3 Å². The average Bonchev–Trinajstić information content (AvgIpc) is 2.73. The summed E-state index contributed by atoms with van der Waals surface area (Å²) in [6.45, 7) is 9.67. The van der Waals surface area contributed by atoms with Gasteiger partial charge in [-0.15, -0.1) is 12.4 Å². The number of esters is 1. The van der Waals surface area contributed by atoms with E-state index in [0.29, 0.717) is 30.7 Å². The maximum atomic E-state index is 12.5. The predicted octanol–water partition coefficient (Wildman–Crippen LogP) is 5.68. The van der Waals surface area contributed by atoms with Crippen LogP contribution in [0.2, 0.25) is 5.02 Å². The normalized spacial score (nSPS) is 17.8. The topological polar surface area (TPSA) is 38.8 Å². The number of halogens is 2. The third-order valence-corrected chi connectivity index (χ3v) is 5.74. The van der Waals surface area contributed by atoms with Gasteiger partial charge in [0, 0.05) is 24.7 Å². The van der Waals surface area contributed by atoms with Gasteiger partial charge in [-0.05, 0) is 48.1 Å². The van der Waals surface area contributed by atoms with E-state index in [1.54, 1.807) is 0 Å². The summed E-state index contributed by atoms with van der Waals surface area (Å²) in [7, 11) is 0. The molecule has 0 aliphatic carbocycles. The Balaban J connectivity index is 0.00000341. The van der Waals surface area contributed by atoms with Crippen LogP contribution in [0.5, 0.6) is 0 Å². The summed E-state index contributed by atoms with van der Waals surface area (Å²) < 4.78 is 11.5. The van der Waals surface area contributed by atoms with Crippen LogP contribution in [0.3, 0.4) is 0 Å². The van der Waals surface area contributed by atoms with Crippen LogP contribution in [0.25, 0.3) is 0 Å². The number of hydrogen-bond donors (Lipinski definition) is 0. The van der Waals surface area contributed by atoms with Gasteiger partial charge in [-0.2, -0.15) is 0 Å². The Labute approximate surface area is 197 Å². The molecule has 31 heavy (non-hydrogen) atoms. The van der Waals surface area contributed by atoms with E-state index in [2.05, 4.69) is 30.9 Å². The Kier molecular flexibility index (Phi) is 10.3. The summed E-state index contributed by atoms with van der Waals surface area (Å²) in [5.41, 5.74) is 3.38. The minimum Gasteiger partial charge on any atom is -0.464 e. The highest BCUT2D eigenvalue weighted by Gasteiger charge is 2.23. The monoisotopic (exact) mass is 465 g/mol. The molecular weight excluding hydrogens is 433 g/mol. The number of nitrogens with zero attached hydrogens (tertiary/aromatic N) is 1. The van der Waals surface area contributed by atoms with Crippen molar-refractivity contribution in [1.82, 2.24) is 4.90 Å². The third-order valence-electron chi connectivity index (χ3n) is 5.50. The standard InChI is InChI=1S/C25H32ClNO3.ClH/c1-18(2)15-20-7-9-21(10-8-20)19(3)25(28)30-14-12-27-11-13-29-24(17-27)22-5-4-6-23(26)16-22;/h4-10,16,18-19,24H,11-15,17H2,1-3H3;1H. The van der Waals surface area contributed by atoms with Gasteiger partial charge in [0.05, 0.1) is 18.6 Å². The first-order valence-electron chi connectivity index (χ1n) is 10.8. The second-order valence-electron chi connectivity index (χ2n) is 8.44. The fraction of sp³-hybridized carbons (Fsp3) is 0.480. The highest BCUT2D eigenvalue weighted by molar-refractivity contribution is 6.30. The Morgan fingerprint density at radius 2 is 1.94 bits per heavy atom. The van der Waals surface area contributed by atoms with Gasteiger partial charge in [-0.3, -0.25) is 9.69 Å². The number of morpholine rings is 1. The molecule has 2 unspecified atom stereocenters. The zero-order valence-corrected chi connectivity index (χ0v) is 20.1. The maximum absolute atomic E-state index is 12.5. The van der Waals surface area contributed by atoms with Crippen molar-refractivity contribution in [1.29, 1.82) is 0 Å². The molecule has 2 aromatic carbocycles. The molecule has 0 aromatic heterocycles. The zero-order valence-electron chi connectivity index (χ0n) is 18.6. The summed E-state index contributed by atoms with van der Waals surface area (Å²) >= 11 is 6.10. The first-order chi connectivity index (χ1) is 14.4. The predicted molar refractivity (Wildman–Crippen MR) is 128 cm³/mol. The molecule has 1 fully saturated rings. The second kappa shape index (κ2) is 12.4. The molecule has 0 radical (unpaired) electrons. The molecule has 0 bridgehead atoms. The molecule has 1 aliphatic rings. The maximum Gasteiger partial charge on any atom is 0.313 e. The SMILES string of the molecule is CC(C)Cc1ccc(C(C)C(=O)OCCN2CCOC(c3cccc(Cl)c3)C2)cc1.Cl. The Hall–Kier alpha value is -1.59. The van der Waals surface area contributed by atoms with Gasteiger partial charge in [0.15, 0.2) is 0 Å². The van der Waals surface area contributed by atoms with Crippen LogP contribution in [-0.4, -0.2) is 43.7 Å². The van der Waals surface area contributed by atoms with E-state index in [0.717, 1.165) is 30.6 Å². The average molecular weight is 466 g/mol. The summed E-state index contributed by atoms with van der Waals surface area (Å²) in [6.07, 6.45) is 1.05. The van der Waals surface area contributed by atoms with Gasteiger partial charge in [-0.25, -0.2) is 0 Å². The molecule has 1 saturated heterocycles. The fourth-order valence-electron chi connectivity index (χ4n) is 3.76. The Bertz CT molecular complexity index is 826. The van der Waals surface area contributed by atoms with Crippen LogP contribution in [0.4, 0.5) is 0 Å². The summed E-state index contributed by atoms with van der Waals surface area (Å²) in [6, 6.07) is 16.1.